The van der Waals surface area contributed by atoms with Gasteiger partial charge in [-0.2, -0.15) is 17.0 Å². The Balaban J connectivity index is 1.97. The second-order valence-corrected chi connectivity index (χ2v) is 7.83. The van der Waals surface area contributed by atoms with E-state index in [-0.39, 0.29) is 25.6 Å². The molecule has 8 heteroatoms. The summed E-state index contributed by atoms with van der Waals surface area (Å²) in [6, 6.07) is 0. The molecular formula is C13H24N2O5S. The van der Waals surface area contributed by atoms with Gasteiger partial charge in [-0.25, -0.2) is 0 Å². The molecule has 2 heterocycles. The first-order chi connectivity index (χ1) is 9.95. The first kappa shape index (κ1) is 16.7. The lowest BCUT2D eigenvalue weighted by atomic mass is 9.97. The van der Waals surface area contributed by atoms with Gasteiger partial charge in [0, 0.05) is 32.8 Å². The Hall–Kier alpha value is -0.700. The summed E-state index contributed by atoms with van der Waals surface area (Å²) in [5, 5.41) is 18.0. The average Bonchev–Trinajstić information content (AvgIpc) is 2.48. The third kappa shape index (κ3) is 3.94. The van der Waals surface area contributed by atoms with Gasteiger partial charge in [0.1, 0.15) is 0 Å². The third-order valence-electron chi connectivity index (χ3n) is 4.47. The molecule has 7 nitrogen and oxygen atoms in total. The van der Waals surface area contributed by atoms with Crippen molar-refractivity contribution in [1.82, 2.24) is 8.61 Å². The molecule has 2 aliphatic rings. The molecule has 0 spiro atoms. The molecule has 0 radical (unpaired) electrons. The van der Waals surface area contributed by atoms with Crippen LogP contribution in [-0.4, -0.2) is 66.0 Å². The van der Waals surface area contributed by atoms with Gasteiger partial charge in [0.15, 0.2) is 0 Å². The number of rotatable bonds is 5. The van der Waals surface area contributed by atoms with Crippen molar-refractivity contribution < 1.29 is 23.4 Å². The fourth-order valence-electron chi connectivity index (χ4n) is 3.15. The maximum atomic E-state index is 12.6. The van der Waals surface area contributed by atoms with Crippen molar-refractivity contribution in [3.8, 4) is 0 Å². The van der Waals surface area contributed by atoms with Crippen molar-refractivity contribution in [1.29, 1.82) is 0 Å². The molecule has 0 aromatic carbocycles. The summed E-state index contributed by atoms with van der Waals surface area (Å²) in [7, 11) is -3.49. The highest BCUT2D eigenvalue weighted by atomic mass is 32.2. The largest absolute Gasteiger partial charge is 0.481 e. The molecule has 2 aliphatic heterocycles. The Morgan fingerprint density at radius 3 is 2.33 bits per heavy atom. The fraction of sp³-hybridized carbons (Fsp3) is 0.923. The molecule has 0 aromatic rings. The van der Waals surface area contributed by atoms with E-state index in [4.69, 9.17) is 10.2 Å². The molecular weight excluding hydrogens is 296 g/mol. The summed E-state index contributed by atoms with van der Waals surface area (Å²) >= 11 is 0. The summed E-state index contributed by atoms with van der Waals surface area (Å²) in [5.74, 6) is -1.05. The monoisotopic (exact) mass is 320 g/mol. The lowest BCUT2D eigenvalue weighted by Crippen LogP contribution is -2.50. The van der Waals surface area contributed by atoms with Gasteiger partial charge in [0.25, 0.3) is 10.2 Å². The Bertz CT molecular complexity index is 457. The number of hydrogen-bond donors (Lipinski definition) is 2. The predicted molar refractivity (Wildman–Crippen MR) is 76.9 cm³/mol. The molecule has 1 atom stereocenters. The summed E-state index contributed by atoms with van der Waals surface area (Å²) in [4.78, 5) is 10.9. The van der Waals surface area contributed by atoms with Crippen molar-refractivity contribution in [3.63, 3.8) is 0 Å². The van der Waals surface area contributed by atoms with Crippen LogP contribution in [0.5, 0.6) is 0 Å². The predicted octanol–water partition coefficient (Wildman–Crippen LogP) is 0.122. The van der Waals surface area contributed by atoms with Crippen LogP contribution in [0.4, 0.5) is 0 Å². The van der Waals surface area contributed by atoms with Crippen molar-refractivity contribution in [2.45, 2.75) is 32.1 Å². The SMILES string of the molecule is O=C(O)C1CCN(S(=O)(=O)N2CCCC(CCO)C2)CC1. The number of carbonyl (C=O) groups is 1. The minimum Gasteiger partial charge on any atom is -0.481 e. The average molecular weight is 320 g/mol. The molecule has 0 bridgehead atoms. The normalized spacial score (nSPS) is 26.8. The van der Waals surface area contributed by atoms with Crippen molar-refractivity contribution in [3.05, 3.63) is 0 Å². The molecule has 0 amide bonds. The van der Waals surface area contributed by atoms with Crippen LogP contribution in [0.1, 0.15) is 32.1 Å². The Morgan fingerprint density at radius 2 is 1.76 bits per heavy atom. The highest BCUT2D eigenvalue weighted by molar-refractivity contribution is 7.86. The van der Waals surface area contributed by atoms with Gasteiger partial charge >= 0.3 is 5.97 Å². The van der Waals surface area contributed by atoms with Gasteiger partial charge in [0.2, 0.25) is 0 Å². The second-order valence-electron chi connectivity index (χ2n) is 5.90. The minimum absolute atomic E-state index is 0.0859. The third-order valence-corrected chi connectivity index (χ3v) is 6.48. The van der Waals surface area contributed by atoms with Gasteiger partial charge < -0.3 is 10.2 Å². The first-order valence-electron chi connectivity index (χ1n) is 7.54. The van der Waals surface area contributed by atoms with Crippen LogP contribution in [0.2, 0.25) is 0 Å². The van der Waals surface area contributed by atoms with Gasteiger partial charge in [-0.15, -0.1) is 0 Å². The molecule has 2 fully saturated rings. The number of aliphatic hydroxyl groups is 1. The maximum absolute atomic E-state index is 12.6. The number of piperidine rings is 2. The number of hydrogen-bond acceptors (Lipinski definition) is 4. The van der Waals surface area contributed by atoms with E-state index in [1.165, 1.54) is 8.61 Å². The highest BCUT2D eigenvalue weighted by Crippen LogP contribution is 2.26. The molecule has 1 unspecified atom stereocenters. The smallest absolute Gasteiger partial charge is 0.306 e. The van der Waals surface area contributed by atoms with Gasteiger partial charge in [0.05, 0.1) is 5.92 Å². The number of aliphatic hydroxyl groups excluding tert-OH is 1. The van der Waals surface area contributed by atoms with Crippen LogP contribution in [-0.2, 0) is 15.0 Å². The van der Waals surface area contributed by atoms with E-state index < -0.39 is 22.1 Å². The van der Waals surface area contributed by atoms with Gasteiger partial charge in [-0.1, -0.05) is 0 Å². The van der Waals surface area contributed by atoms with Crippen LogP contribution in [0.3, 0.4) is 0 Å². The maximum Gasteiger partial charge on any atom is 0.306 e. The molecule has 0 aliphatic carbocycles. The standard InChI is InChI=1S/C13H24N2O5S/c16-9-5-11-2-1-6-15(10-11)21(19,20)14-7-3-12(4-8-14)13(17)18/h11-12,16H,1-10H2,(H,17,18). The van der Waals surface area contributed by atoms with Crippen LogP contribution in [0.25, 0.3) is 0 Å². The van der Waals surface area contributed by atoms with E-state index in [1.54, 1.807) is 0 Å². The molecule has 2 N–H and O–H groups in total. The Kier molecular flexibility index (Phi) is 5.59. The zero-order valence-corrected chi connectivity index (χ0v) is 13.0. The molecule has 122 valence electrons. The van der Waals surface area contributed by atoms with E-state index in [2.05, 4.69) is 0 Å². The van der Waals surface area contributed by atoms with E-state index in [9.17, 15) is 13.2 Å². The van der Waals surface area contributed by atoms with Crippen LogP contribution < -0.4 is 0 Å². The number of carboxylic acids is 1. The topological polar surface area (TPSA) is 98.2 Å². The molecule has 0 saturated carbocycles. The van der Waals surface area contributed by atoms with Gasteiger partial charge in [-0.3, -0.25) is 4.79 Å². The van der Waals surface area contributed by atoms with E-state index in [0.29, 0.717) is 32.4 Å². The van der Waals surface area contributed by atoms with E-state index in [1.807, 2.05) is 0 Å². The number of carboxylic acid groups (broad SMARTS) is 1. The number of aliphatic carboxylic acids is 1. The summed E-state index contributed by atoms with van der Waals surface area (Å²) in [6.45, 7) is 1.62. The van der Waals surface area contributed by atoms with E-state index in [0.717, 1.165) is 12.8 Å². The first-order valence-corrected chi connectivity index (χ1v) is 8.93. The minimum atomic E-state index is -3.49. The highest BCUT2D eigenvalue weighted by Gasteiger charge is 2.36. The van der Waals surface area contributed by atoms with Crippen molar-refractivity contribution in [2.24, 2.45) is 11.8 Å². The molecule has 21 heavy (non-hydrogen) atoms. The number of nitrogens with zero attached hydrogens (tertiary/aromatic N) is 2. The summed E-state index contributed by atoms with van der Waals surface area (Å²) in [5.41, 5.74) is 0. The summed E-state index contributed by atoms with van der Waals surface area (Å²) in [6.07, 6.45) is 3.15. The fourth-order valence-corrected chi connectivity index (χ4v) is 4.91. The van der Waals surface area contributed by atoms with Crippen LogP contribution in [0.15, 0.2) is 0 Å². The lowest BCUT2D eigenvalue weighted by molar-refractivity contribution is -0.142. The Labute approximate surface area is 125 Å². The lowest BCUT2D eigenvalue weighted by Gasteiger charge is -2.37. The van der Waals surface area contributed by atoms with E-state index >= 15 is 0 Å². The van der Waals surface area contributed by atoms with Crippen molar-refractivity contribution >= 4 is 16.2 Å². The van der Waals surface area contributed by atoms with Crippen LogP contribution in [0, 0.1) is 11.8 Å². The zero-order chi connectivity index (χ0) is 15.5. The van der Waals surface area contributed by atoms with Gasteiger partial charge in [-0.05, 0) is 38.0 Å². The second kappa shape index (κ2) is 7.04. The molecule has 2 saturated heterocycles. The van der Waals surface area contributed by atoms with Crippen molar-refractivity contribution in [2.75, 3.05) is 32.8 Å². The molecule has 2 rings (SSSR count). The quantitative estimate of drug-likeness (QED) is 0.750. The Morgan fingerprint density at radius 1 is 1.10 bits per heavy atom. The summed E-state index contributed by atoms with van der Waals surface area (Å²) < 4.78 is 28.1. The van der Waals surface area contributed by atoms with Crippen LogP contribution >= 0.6 is 0 Å². The zero-order valence-electron chi connectivity index (χ0n) is 12.1. The molecule has 0 aromatic heterocycles.